The number of hydrogen-bond donors (Lipinski definition) is 0. The van der Waals surface area contributed by atoms with Crippen molar-refractivity contribution in [3.05, 3.63) is 35.9 Å². The van der Waals surface area contributed by atoms with Crippen LogP contribution in [0.2, 0.25) is 0 Å². The van der Waals surface area contributed by atoms with E-state index >= 15 is 0 Å². The van der Waals surface area contributed by atoms with Gasteiger partial charge in [0, 0.05) is 0 Å². The second-order valence-electron chi connectivity index (χ2n) is 5.48. The summed E-state index contributed by atoms with van der Waals surface area (Å²) >= 11 is 0. The molecular weight excluding hydrogens is 224 g/mol. The van der Waals surface area contributed by atoms with Gasteiger partial charge in [-0.3, -0.25) is 4.79 Å². The van der Waals surface area contributed by atoms with E-state index in [4.69, 9.17) is 4.74 Å². The van der Waals surface area contributed by atoms with Crippen molar-refractivity contribution >= 4 is 5.97 Å². The lowest BCUT2D eigenvalue weighted by atomic mass is 9.83. The Hall–Kier alpha value is -1.31. The van der Waals surface area contributed by atoms with E-state index in [1.165, 1.54) is 25.7 Å². The highest BCUT2D eigenvalue weighted by atomic mass is 16.5. The Labute approximate surface area is 109 Å². The van der Waals surface area contributed by atoms with Crippen LogP contribution in [-0.2, 0) is 16.0 Å². The Bertz CT molecular complexity index is 372. The van der Waals surface area contributed by atoms with Crippen molar-refractivity contribution in [2.75, 3.05) is 6.61 Å². The number of carbonyl (C=O) groups excluding carboxylic acids is 1. The predicted molar refractivity (Wildman–Crippen MR) is 72.2 cm³/mol. The molecule has 1 aliphatic carbocycles. The smallest absolute Gasteiger partial charge is 0.310 e. The standard InChI is InChI=1S/C16H22O2/c1-13-6-5-9-15(10-13)12-18-16(17)11-14-7-3-2-4-8-14/h2-4,7-8,13,15H,5-6,9-12H2,1H3/t13-,15+/m1/s1. The monoisotopic (exact) mass is 246 g/mol. The van der Waals surface area contributed by atoms with Gasteiger partial charge >= 0.3 is 5.97 Å². The van der Waals surface area contributed by atoms with Crippen molar-refractivity contribution in [1.29, 1.82) is 0 Å². The van der Waals surface area contributed by atoms with Crippen LogP contribution in [0, 0.1) is 11.8 Å². The summed E-state index contributed by atoms with van der Waals surface area (Å²) in [5.74, 6) is 1.27. The molecule has 18 heavy (non-hydrogen) atoms. The summed E-state index contributed by atoms with van der Waals surface area (Å²) in [6.45, 7) is 2.90. The molecule has 1 aromatic carbocycles. The number of benzene rings is 1. The Morgan fingerprint density at radius 3 is 2.78 bits per heavy atom. The van der Waals surface area contributed by atoms with Gasteiger partial charge in [-0.05, 0) is 30.2 Å². The maximum absolute atomic E-state index is 11.7. The average Bonchev–Trinajstić information content (AvgIpc) is 2.38. The van der Waals surface area contributed by atoms with Crippen molar-refractivity contribution in [2.45, 2.75) is 39.0 Å². The number of ether oxygens (including phenoxy) is 1. The first-order valence-corrected chi connectivity index (χ1v) is 6.93. The Morgan fingerprint density at radius 2 is 2.06 bits per heavy atom. The lowest BCUT2D eigenvalue weighted by molar-refractivity contribution is -0.144. The van der Waals surface area contributed by atoms with E-state index in [0.29, 0.717) is 18.9 Å². The van der Waals surface area contributed by atoms with Crippen LogP contribution in [0.15, 0.2) is 30.3 Å². The van der Waals surface area contributed by atoms with E-state index in [2.05, 4.69) is 6.92 Å². The molecular formula is C16H22O2. The van der Waals surface area contributed by atoms with E-state index < -0.39 is 0 Å². The number of esters is 1. The molecule has 0 radical (unpaired) electrons. The molecule has 1 saturated carbocycles. The first-order valence-electron chi connectivity index (χ1n) is 6.93. The lowest BCUT2D eigenvalue weighted by Crippen LogP contribution is -2.21. The maximum Gasteiger partial charge on any atom is 0.310 e. The SMILES string of the molecule is C[C@@H]1CCC[C@H](COC(=O)Cc2ccccc2)C1. The topological polar surface area (TPSA) is 26.3 Å². The fourth-order valence-electron chi connectivity index (χ4n) is 2.74. The second kappa shape index (κ2) is 6.58. The zero-order valence-electron chi connectivity index (χ0n) is 11.1. The van der Waals surface area contributed by atoms with Crippen LogP contribution in [0.4, 0.5) is 0 Å². The van der Waals surface area contributed by atoms with Gasteiger partial charge in [-0.15, -0.1) is 0 Å². The molecule has 2 atom stereocenters. The molecule has 0 aromatic heterocycles. The number of hydrogen-bond acceptors (Lipinski definition) is 2. The molecule has 2 heteroatoms. The summed E-state index contributed by atoms with van der Waals surface area (Å²) in [5, 5.41) is 0. The highest BCUT2D eigenvalue weighted by Gasteiger charge is 2.20. The number of rotatable bonds is 4. The summed E-state index contributed by atoms with van der Waals surface area (Å²) in [6, 6.07) is 9.78. The quantitative estimate of drug-likeness (QED) is 0.759. The van der Waals surface area contributed by atoms with Crippen molar-refractivity contribution in [3.63, 3.8) is 0 Å². The van der Waals surface area contributed by atoms with Crippen LogP contribution in [-0.4, -0.2) is 12.6 Å². The fourth-order valence-corrected chi connectivity index (χ4v) is 2.74. The molecule has 0 aliphatic heterocycles. The van der Waals surface area contributed by atoms with Gasteiger partial charge in [-0.2, -0.15) is 0 Å². The maximum atomic E-state index is 11.7. The van der Waals surface area contributed by atoms with Crippen molar-refractivity contribution in [1.82, 2.24) is 0 Å². The summed E-state index contributed by atoms with van der Waals surface area (Å²) in [4.78, 5) is 11.7. The fraction of sp³-hybridized carbons (Fsp3) is 0.562. The normalized spacial score (nSPS) is 23.6. The highest BCUT2D eigenvalue weighted by molar-refractivity contribution is 5.72. The van der Waals surface area contributed by atoms with Crippen molar-refractivity contribution in [2.24, 2.45) is 11.8 Å². The van der Waals surface area contributed by atoms with E-state index in [9.17, 15) is 4.79 Å². The van der Waals surface area contributed by atoms with Gasteiger partial charge in [-0.25, -0.2) is 0 Å². The molecule has 2 nitrogen and oxygen atoms in total. The summed E-state index contributed by atoms with van der Waals surface area (Å²) in [5.41, 5.74) is 1.03. The Balaban J connectivity index is 1.71. The zero-order valence-corrected chi connectivity index (χ0v) is 11.1. The second-order valence-corrected chi connectivity index (χ2v) is 5.48. The van der Waals surface area contributed by atoms with E-state index in [1.54, 1.807) is 0 Å². The third-order valence-corrected chi connectivity index (χ3v) is 3.72. The van der Waals surface area contributed by atoms with Crippen LogP contribution in [0.3, 0.4) is 0 Å². The highest BCUT2D eigenvalue weighted by Crippen LogP contribution is 2.28. The van der Waals surface area contributed by atoms with Crippen LogP contribution < -0.4 is 0 Å². The summed E-state index contributed by atoms with van der Waals surface area (Å²) in [6.07, 6.45) is 5.42. The van der Waals surface area contributed by atoms with Crippen LogP contribution in [0.25, 0.3) is 0 Å². The van der Waals surface area contributed by atoms with Gasteiger partial charge in [0.2, 0.25) is 0 Å². The summed E-state index contributed by atoms with van der Waals surface area (Å²) in [7, 11) is 0. The third-order valence-electron chi connectivity index (χ3n) is 3.72. The van der Waals surface area contributed by atoms with E-state index in [1.807, 2.05) is 30.3 Å². The van der Waals surface area contributed by atoms with Gasteiger partial charge in [-0.1, -0.05) is 50.1 Å². The molecule has 1 fully saturated rings. The Morgan fingerprint density at radius 1 is 1.28 bits per heavy atom. The third kappa shape index (κ3) is 4.17. The van der Waals surface area contributed by atoms with Crippen LogP contribution >= 0.6 is 0 Å². The van der Waals surface area contributed by atoms with Gasteiger partial charge < -0.3 is 4.74 Å². The number of carbonyl (C=O) groups is 1. The van der Waals surface area contributed by atoms with E-state index in [-0.39, 0.29) is 5.97 Å². The molecule has 1 aliphatic rings. The molecule has 1 aromatic rings. The van der Waals surface area contributed by atoms with Crippen LogP contribution in [0.1, 0.15) is 38.2 Å². The van der Waals surface area contributed by atoms with Crippen molar-refractivity contribution in [3.8, 4) is 0 Å². The Kier molecular flexibility index (Phi) is 4.80. The largest absolute Gasteiger partial charge is 0.465 e. The van der Waals surface area contributed by atoms with Crippen molar-refractivity contribution < 1.29 is 9.53 Å². The zero-order chi connectivity index (χ0) is 12.8. The first-order chi connectivity index (χ1) is 8.74. The summed E-state index contributed by atoms with van der Waals surface area (Å²) < 4.78 is 5.39. The van der Waals surface area contributed by atoms with E-state index in [0.717, 1.165) is 11.5 Å². The molecule has 0 N–H and O–H groups in total. The minimum absolute atomic E-state index is 0.0978. The van der Waals surface area contributed by atoms with Crippen LogP contribution in [0.5, 0.6) is 0 Å². The molecule has 0 saturated heterocycles. The molecule has 0 unspecified atom stereocenters. The minimum Gasteiger partial charge on any atom is -0.465 e. The molecule has 0 spiro atoms. The molecule has 98 valence electrons. The molecule has 0 bridgehead atoms. The van der Waals surface area contributed by atoms with Gasteiger partial charge in [0.1, 0.15) is 0 Å². The molecule has 2 rings (SSSR count). The molecule has 0 heterocycles. The average molecular weight is 246 g/mol. The predicted octanol–water partition coefficient (Wildman–Crippen LogP) is 3.60. The molecule has 0 amide bonds. The van der Waals surface area contributed by atoms with Gasteiger partial charge in [0.25, 0.3) is 0 Å². The minimum atomic E-state index is -0.0978. The van der Waals surface area contributed by atoms with Gasteiger partial charge in [0.15, 0.2) is 0 Å². The van der Waals surface area contributed by atoms with Gasteiger partial charge in [0.05, 0.1) is 13.0 Å². The first kappa shape index (κ1) is 13.1. The lowest BCUT2D eigenvalue weighted by Gasteiger charge is -2.26.